The number of benzene rings is 4. The summed E-state index contributed by atoms with van der Waals surface area (Å²) in [4.78, 5) is 28.3. The summed E-state index contributed by atoms with van der Waals surface area (Å²) in [5.74, 6) is -0.609. The third kappa shape index (κ3) is 5.18. The van der Waals surface area contributed by atoms with Gasteiger partial charge in [-0.05, 0) is 78.6 Å². The van der Waals surface area contributed by atoms with Crippen LogP contribution in [0.4, 0.5) is 5.69 Å². The second-order valence-electron chi connectivity index (χ2n) is 9.63. The van der Waals surface area contributed by atoms with Crippen LogP contribution in [0.1, 0.15) is 33.9 Å². The number of anilines is 1. The van der Waals surface area contributed by atoms with E-state index in [2.05, 4.69) is 0 Å². The zero-order valence-corrected chi connectivity index (χ0v) is 23.1. The molecule has 1 saturated heterocycles. The first-order valence-electron chi connectivity index (χ1n) is 12.8. The lowest BCUT2D eigenvalue weighted by molar-refractivity contribution is -0.132. The van der Waals surface area contributed by atoms with Crippen molar-refractivity contribution >= 4 is 34.7 Å². The Morgan fingerprint density at radius 1 is 0.900 bits per heavy atom. The van der Waals surface area contributed by atoms with Gasteiger partial charge in [-0.25, -0.2) is 0 Å². The molecular weight excluding hydrogens is 526 g/mol. The average Bonchev–Trinajstić information content (AvgIpc) is 3.24. The van der Waals surface area contributed by atoms with Crippen LogP contribution in [0.5, 0.6) is 11.5 Å². The molecule has 0 spiro atoms. The maximum Gasteiger partial charge on any atom is 0.300 e. The Hall–Kier alpha value is -4.55. The van der Waals surface area contributed by atoms with Crippen LogP contribution in [0.25, 0.3) is 5.76 Å². The van der Waals surface area contributed by atoms with Gasteiger partial charge < -0.3 is 14.6 Å². The van der Waals surface area contributed by atoms with E-state index >= 15 is 0 Å². The van der Waals surface area contributed by atoms with E-state index in [1.54, 1.807) is 67.8 Å². The molecule has 1 aliphatic heterocycles. The number of carbonyl (C=O) groups is 2. The van der Waals surface area contributed by atoms with Crippen molar-refractivity contribution in [1.82, 2.24) is 0 Å². The summed E-state index contributed by atoms with van der Waals surface area (Å²) in [6.45, 7) is 4.12. The Morgan fingerprint density at radius 3 is 2.38 bits per heavy atom. The topological polar surface area (TPSA) is 76.1 Å². The summed E-state index contributed by atoms with van der Waals surface area (Å²) >= 11 is 6.39. The first-order chi connectivity index (χ1) is 19.3. The van der Waals surface area contributed by atoms with Gasteiger partial charge in [-0.15, -0.1) is 0 Å². The van der Waals surface area contributed by atoms with Crippen LogP contribution in [0.3, 0.4) is 0 Å². The van der Waals surface area contributed by atoms with E-state index < -0.39 is 17.7 Å². The molecule has 0 aliphatic carbocycles. The van der Waals surface area contributed by atoms with Gasteiger partial charge >= 0.3 is 0 Å². The predicted octanol–water partition coefficient (Wildman–Crippen LogP) is 7.17. The summed E-state index contributed by atoms with van der Waals surface area (Å²) in [5.41, 5.74) is 4.08. The fourth-order valence-corrected chi connectivity index (χ4v) is 4.98. The van der Waals surface area contributed by atoms with Gasteiger partial charge in [-0.3, -0.25) is 14.5 Å². The second-order valence-corrected chi connectivity index (χ2v) is 10.0. The lowest BCUT2D eigenvalue weighted by Gasteiger charge is -2.26. The fraction of sp³-hybridized carbons (Fsp3) is 0.152. The third-order valence-electron chi connectivity index (χ3n) is 6.97. The largest absolute Gasteiger partial charge is 0.507 e. The molecule has 5 rings (SSSR count). The minimum absolute atomic E-state index is 0.0210. The van der Waals surface area contributed by atoms with Crippen LogP contribution >= 0.6 is 11.6 Å². The molecule has 1 atom stereocenters. The van der Waals surface area contributed by atoms with E-state index in [1.807, 2.05) is 44.2 Å². The van der Waals surface area contributed by atoms with Crippen LogP contribution in [-0.4, -0.2) is 23.9 Å². The molecule has 4 aromatic carbocycles. The Bertz CT molecular complexity index is 1630. The van der Waals surface area contributed by atoms with Gasteiger partial charge in [0.2, 0.25) is 0 Å². The molecule has 0 aromatic heterocycles. The summed E-state index contributed by atoms with van der Waals surface area (Å²) in [7, 11) is 1.54. The number of methoxy groups -OCH3 is 1. The number of ether oxygens (including phenoxy) is 2. The number of hydrogen-bond acceptors (Lipinski definition) is 5. The molecule has 1 unspecified atom stereocenters. The molecular formula is C33H28ClNO5. The number of amides is 1. The highest BCUT2D eigenvalue weighted by atomic mass is 35.5. The van der Waals surface area contributed by atoms with E-state index in [0.717, 1.165) is 16.7 Å². The maximum atomic E-state index is 13.5. The summed E-state index contributed by atoms with van der Waals surface area (Å²) in [6, 6.07) is 26.4. The highest BCUT2D eigenvalue weighted by Gasteiger charge is 2.47. The molecule has 1 N–H and O–H groups in total. The maximum absolute atomic E-state index is 13.5. The predicted molar refractivity (Wildman–Crippen MR) is 156 cm³/mol. The molecule has 6 nitrogen and oxygen atoms in total. The van der Waals surface area contributed by atoms with Crippen molar-refractivity contribution in [3.8, 4) is 11.5 Å². The van der Waals surface area contributed by atoms with E-state index in [9.17, 15) is 14.7 Å². The van der Waals surface area contributed by atoms with E-state index in [4.69, 9.17) is 21.1 Å². The lowest BCUT2D eigenvalue weighted by Crippen LogP contribution is -2.29. The Morgan fingerprint density at radius 2 is 1.68 bits per heavy atom. The number of aliphatic hydroxyl groups excluding tert-OH is 1. The van der Waals surface area contributed by atoms with Crippen molar-refractivity contribution in [2.75, 3.05) is 12.0 Å². The van der Waals surface area contributed by atoms with Crippen molar-refractivity contribution < 1.29 is 24.2 Å². The number of ketones is 1. The van der Waals surface area contributed by atoms with Crippen LogP contribution in [0, 0.1) is 13.8 Å². The van der Waals surface area contributed by atoms with Gasteiger partial charge in [-0.1, -0.05) is 60.1 Å². The van der Waals surface area contributed by atoms with Crippen molar-refractivity contribution in [2.45, 2.75) is 26.5 Å². The number of halogens is 1. The van der Waals surface area contributed by atoms with Gasteiger partial charge in [-0.2, -0.15) is 0 Å². The van der Waals surface area contributed by atoms with Gasteiger partial charge in [0.25, 0.3) is 11.7 Å². The van der Waals surface area contributed by atoms with Gasteiger partial charge in [0.15, 0.2) is 0 Å². The Labute approximate surface area is 238 Å². The number of Topliss-reactive ketones (excluding diaryl/α,β-unsaturated/α-hetero) is 1. The number of aliphatic hydroxyl groups is 1. The first kappa shape index (κ1) is 27.0. The molecule has 4 aromatic rings. The third-order valence-corrected chi connectivity index (χ3v) is 7.38. The molecule has 1 aliphatic rings. The molecule has 1 fully saturated rings. The Balaban J connectivity index is 1.58. The lowest BCUT2D eigenvalue weighted by atomic mass is 9.94. The van der Waals surface area contributed by atoms with Gasteiger partial charge in [0, 0.05) is 16.3 Å². The van der Waals surface area contributed by atoms with E-state index in [0.29, 0.717) is 39.9 Å². The van der Waals surface area contributed by atoms with E-state index in [1.165, 1.54) is 4.90 Å². The number of aryl methyl sites for hydroxylation is 2. The fourth-order valence-electron chi connectivity index (χ4n) is 4.81. The molecule has 7 heteroatoms. The molecule has 0 bridgehead atoms. The van der Waals surface area contributed by atoms with Gasteiger partial charge in [0.1, 0.15) is 23.9 Å². The molecule has 1 amide bonds. The summed E-state index contributed by atoms with van der Waals surface area (Å²) in [6.07, 6.45) is 0. The van der Waals surface area contributed by atoms with Crippen molar-refractivity contribution in [3.63, 3.8) is 0 Å². The molecule has 202 valence electrons. The van der Waals surface area contributed by atoms with Crippen molar-refractivity contribution in [1.29, 1.82) is 0 Å². The van der Waals surface area contributed by atoms with Crippen LogP contribution in [0.2, 0.25) is 5.02 Å². The van der Waals surface area contributed by atoms with Crippen molar-refractivity contribution in [3.05, 3.63) is 129 Å². The molecule has 1 heterocycles. The minimum atomic E-state index is -0.900. The normalized spacial score (nSPS) is 16.3. The quantitative estimate of drug-likeness (QED) is 0.149. The smallest absolute Gasteiger partial charge is 0.300 e. The van der Waals surface area contributed by atoms with Crippen LogP contribution in [0.15, 0.2) is 96.6 Å². The molecule has 0 saturated carbocycles. The summed E-state index contributed by atoms with van der Waals surface area (Å²) < 4.78 is 11.4. The number of rotatable bonds is 7. The highest BCUT2D eigenvalue weighted by Crippen LogP contribution is 2.43. The van der Waals surface area contributed by atoms with Gasteiger partial charge in [0.05, 0.1) is 18.7 Å². The average molecular weight is 554 g/mol. The highest BCUT2D eigenvalue weighted by molar-refractivity contribution is 6.51. The second kappa shape index (κ2) is 11.3. The van der Waals surface area contributed by atoms with Crippen LogP contribution < -0.4 is 14.4 Å². The molecule has 0 radical (unpaired) electrons. The van der Waals surface area contributed by atoms with Crippen LogP contribution in [-0.2, 0) is 16.2 Å². The van der Waals surface area contributed by atoms with E-state index in [-0.39, 0.29) is 11.3 Å². The summed E-state index contributed by atoms with van der Waals surface area (Å²) in [5, 5.41) is 12.0. The number of hydrogen-bond donors (Lipinski definition) is 1. The monoisotopic (exact) mass is 553 g/mol. The Kier molecular flexibility index (Phi) is 7.63. The standard InChI is InChI=1S/C33H28ClNO5/c1-20-12-14-25(18-27(20)34)35-30(23-10-7-11-26(17-23)39-3)29(32(37)33(35)38)31(36)24-13-15-28(21(2)16-24)40-19-22-8-5-4-6-9-22/h4-18,30,36H,19H2,1-3H3/b31-29+. The van der Waals surface area contributed by atoms with Crippen molar-refractivity contribution in [2.24, 2.45) is 0 Å². The first-order valence-corrected chi connectivity index (χ1v) is 13.1. The molecule has 40 heavy (non-hydrogen) atoms. The zero-order valence-electron chi connectivity index (χ0n) is 22.4. The number of nitrogens with zero attached hydrogens (tertiary/aromatic N) is 1. The zero-order chi connectivity index (χ0) is 28.4. The number of carbonyl (C=O) groups excluding carboxylic acids is 2. The SMILES string of the molecule is COc1cccc(C2/C(=C(\O)c3ccc(OCc4ccccc4)c(C)c3)C(=O)C(=O)N2c2ccc(C)c(Cl)c2)c1. The minimum Gasteiger partial charge on any atom is -0.507 e.